The van der Waals surface area contributed by atoms with E-state index in [1.54, 1.807) is 0 Å². The van der Waals surface area contributed by atoms with Crippen LogP contribution >= 0.6 is 0 Å². The number of ether oxygens (including phenoxy) is 1. The van der Waals surface area contributed by atoms with Gasteiger partial charge in [-0.15, -0.1) is 0 Å². The van der Waals surface area contributed by atoms with Gasteiger partial charge in [0.2, 0.25) is 0 Å². The molecule has 1 aliphatic heterocycles. The van der Waals surface area contributed by atoms with Gasteiger partial charge in [-0.25, -0.2) is 0 Å². The number of aliphatic hydroxyl groups is 1. The normalized spacial score (nSPS) is 19.8. The minimum absolute atomic E-state index is 0.184. The molecule has 0 aromatic heterocycles. The highest BCUT2D eigenvalue weighted by atomic mass is 16.5. The Bertz CT molecular complexity index is 374. The highest BCUT2D eigenvalue weighted by Gasteiger charge is 2.23. The molecule has 0 amide bonds. The lowest BCUT2D eigenvalue weighted by Gasteiger charge is -2.17. The van der Waals surface area contributed by atoms with E-state index < -0.39 is 0 Å². The predicted octanol–water partition coefficient (Wildman–Crippen LogP) is 1.66. The van der Waals surface area contributed by atoms with Gasteiger partial charge in [0, 0.05) is 19.0 Å². The van der Waals surface area contributed by atoms with Gasteiger partial charge in [0.05, 0.1) is 6.61 Å². The van der Waals surface area contributed by atoms with Gasteiger partial charge in [-0.05, 0) is 25.0 Å². The summed E-state index contributed by atoms with van der Waals surface area (Å²) in [4.78, 5) is 0. The fourth-order valence-corrected chi connectivity index (χ4v) is 2.20. The van der Waals surface area contributed by atoms with Crippen molar-refractivity contribution in [3.63, 3.8) is 0 Å². The first kappa shape index (κ1) is 12.4. The third-order valence-corrected chi connectivity index (χ3v) is 3.30. The first-order valence-electron chi connectivity index (χ1n) is 6.33. The highest BCUT2D eigenvalue weighted by Crippen LogP contribution is 2.29. The molecular weight excluding hydrogens is 214 g/mol. The number of fused-ring (bicyclic) bond motifs is 1. The summed E-state index contributed by atoms with van der Waals surface area (Å²) in [5, 5.41) is 12.4. The second-order valence-corrected chi connectivity index (χ2v) is 4.75. The molecule has 0 fully saturated rings. The van der Waals surface area contributed by atoms with Crippen LogP contribution in [0.4, 0.5) is 0 Å². The quantitative estimate of drug-likeness (QED) is 0.815. The average Bonchev–Trinajstić information content (AvgIpc) is 2.72. The van der Waals surface area contributed by atoms with Crippen LogP contribution in [0.3, 0.4) is 0 Å². The summed E-state index contributed by atoms with van der Waals surface area (Å²) < 4.78 is 5.86. The molecule has 3 heteroatoms. The third-order valence-electron chi connectivity index (χ3n) is 3.30. The van der Waals surface area contributed by atoms with Gasteiger partial charge >= 0.3 is 0 Å². The van der Waals surface area contributed by atoms with Crippen molar-refractivity contribution in [2.45, 2.75) is 38.8 Å². The lowest BCUT2D eigenvalue weighted by Crippen LogP contribution is -2.39. The van der Waals surface area contributed by atoms with Crippen molar-refractivity contribution in [2.24, 2.45) is 0 Å². The van der Waals surface area contributed by atoms with Gasteiger partial charge in [-0.3, -0.25) is 0 Å². The van der Waals surface area contributed by atoms with Crippen LogP contribution in [0.1, 0.15) is 24.5 Å². The number of aliphatic hydroxyl groups excluding tert-OH is 1. The SMILES string of the molecule is CCC(CO)NCC1Cc2cc(C)ccc2O1. The molecule has 0 spiro atoms. The van der Waals surface area contributed by atoms with Crippen molar-refractivity contribution in [1.29, 1.82) is 0 Å². The summed E-state index contributed by atoms with van der Waals surface area (Å²) in [6.45, 7) is 5.16. The van der Waals surface area contributed by atoms with E-state index in [2.05, 4.69) is 31.3 Å². The van der Waals surface area contributed by atoms with Crippen LogP contribution in [0.25, 0.3) is 0 Å². The van der Waals surface area contributed by atoms with E-state index >= 15 is 0 Å². The van der Waals surface area contributed by atoms with Crippen LogP contribution in [-0.4, -0.2) is 30.4 Å². The standard InChI is InChI=1S/C14H21NO2/c1-3-12(9-16)15-8-13-7-11-6-10(2)4-5-14(11)17-13/h4-6,12-13,15-16H,3,7-9H2,1-2H3. The van der Waals surface area contributed by atoms with Gasteiger partial charge < -0.3 is 15.2 Å². The van der Waals surface area contributed by atoms with E-state index in [9.17, 15) is 0 Å². The van der Waals surface area contributed by atoms with Crippen molar-refractivity contribution < 1.29 is 9.84 Å². The molecule has 2 atom stereocenters. The molecule has 17 heavy (non-hydrogen) atoms. The van der Waals surface area contributed by atoms with Crippen LogP contribution in [0.15, 0.2) is 18.2 Å². The fraction of sp³-hybridized carbons (Fsp3) is 0.571. The van der Waals surface area contributed by atoms with Crippen LogP contribution in [-0.2, 0) is 6.42 Å². The van der Waals surface area contributed by atoms with E-state index in [1.165, 1.54) is 11.1 Å². The Balaban J connectivity index is 1.88. The summed E-state index contributed by atoms with van der Waals surface area (Å²) in [7, 11) is 0. The second kappa shape index (κ2) is 5.52. The second-order valence-electron chi connectivity index (χ2n) is 4.75. The summed E-state index contributed by atoms with van der Waals surface area (Å²) in [6, 6.07) is 6.51. The molecule has 1 heterocycles. The zero-order chi connectivity index (χ0) is 12.3. The monoisotopic (exact) mass is 235 g/mol. The maximum Gasteiger partial charge on any atom is 0.123 e. The Kier molecular flexibility index (Phi) is 4.02. The van der Waals surface area contributed by atoms with E-state index in [0.29, 0.717) is 0 Å². The lowest BCUT2D eigenvalue weighted by atomic mass is 10.1. The Morgan fingerprint density at radius 3 is 3.06 bits per heavy atom. The first-order valence-corrected chi connectivity index (χ1v) is 6.33. The molecule has 94 valence electrons. The fourth-order valence-electron chi connectivity index (χ4n) is 2.20. The predicted molar refractivity (Wildman–Crippen MR) is 68.5 cm³/mol. The van der Waals surface area contributed by atoms with Gasteiger partial charge in [0.1, 0.15) is 11.9 Å². The maximum atomic E-state index is 9.11. The van der Waals surface area contributed by atoms with Gasteiger partial charge in [0.15, 0.2) is 0 Å². The molecular formula is C14H21NO2. The zero-order valence-electron chi connectivity index (χ0n) is 10.6. The topological polar surface area (TPSA) is 41.5 Å². The van der Waals surface area contributed by atoms with Gasteiger partial charge in [0.25, 0.3) is 0 Å². The summed E-state index contributed by atoms with van der Waals surface area (Å²) in [5.41, 5.74) is 2.58. The molecule has 0 aliphatic carbocycles. The molecule has 1 aliphatic rings. The summed E-state index contributed by atoms with van der Waals surface area (Å²) in [6.07, 6.45) is 2.11. The molecule has 0 radical (unpaired) electrons. The number of nitrogens with one attached hydrogen (secondary N) is 1. The van der Waals surface area contributed by atoms with Gasteiger partial charge in [-0.1, -0.05) is 24.6 Å². The Labute approximate surface area is 103 Å². The number of hydrogen-bond donors (Lipinski definition) is 2. The summed E-state index contributed by atoms with van der Waals surface area (Å²) >= 11 is 0. The number of benzene rings is 1. The van der Waals surface area contributed by atoms with Crippen LogP contribution < -0.4 is 10.1 Å². The Hall–Kier alpha value is -1.06. The molecule has 2 rings (SSSR count). The van der Waals surface area contributed by atoms with Crippen LogP contribution in [0, 0.1) is 6.92 Å². The number of rotatable bonds is 5. The van der Waals surface area contributed by atoms with Crippen LogP contribution in [0.5, 0.6) is 5.75 Å². The smallest absolute Gasteiger partial charge is 0.123 e. The Morgan fingerprint density at radius 1 is 1.53 bits per heavy atom. The van der Waals surface area contributed by atoms with Crippen molar-refractivity contribution in [3.8, 4) is 5.75 Å². The highest BCUT2D eigenvalue weighted by molar-refractivity contribution is 5.40. The van der Waals surface area contributed by atoms with Crippen molar-refractivity contribution in [1.82, 2.24) is 5.32 Å². The van der Waals surface area contributed by atoms with E-state index in [0.717, 1.165) is 25.1 Å². The maximum absolute atomic E-state index is 9.11. The van der Waals surface area contributed by atoms with Crippen molar-refractivity contribution in [3.05, 3.63) is 29.3 Å². The van der Waals surface area contributed by atoms with Gasteiger partial charge in [-0.2, -0.15) is 0 Å². The lowest BCUT2D eigenvalue weighted by molar-refractivity contribution is 0.195. The third kappa shape index (κ3) is 2.99. The van der Waals surface area contributed by atoms with Crippen molar-refractivity contribution >= 4 is 0 Å². The van der Waals surface area contributed by atoms with E-state index in [4.69, 9.17) is 9.84 Å². The van der Waals surface area contributed by atoms with E-state index in [1.807, 2.05) is 6.07 Å². The molecule has 1 aromatic carbocycles. The molecule has 3 nitrogen and oxygen atoms in total. The molecule has 0 saturated carbocycles. The largest absolute Gasteiger partial charge is 0.488 e. The minimum atomic E-state index is 0.184. The molecule has 0 saturated heterocycles. The summed E-state index contributed by atoms with van der Waals surface area (Å²) in [5.74, 6) is 1.01. The molecule has 1 aromatic rings. The first-order chi connectivity index (χ1) is 8.22. The zero-order valence-corrected chi connectivity index (χ0v) is 10.6. The molecule has 2 N–H and O–H groups in total. The Morgan fingerprint density at radius 2 is 2.35 bits per heavy atom. The number of aryl methyl sites for hydroxylation is 1. The minimum Gasteiger partial charge on any atom is -0.488 e. The number of hydrogen-bond acceptors (Lipinski definition) is 3. The van der Waals surface area contributed by atoms with Crippen molar-refractivity contribution in [2.75, 3.05) is 13.2 Å². The molecule has 0 bridgehead atoms. The average molecular weight is 235 g/mol. The van der Waals surface area contributed by atoms with E-state index in [-0.39, 0.29) is 18.8 Å². The van der Waals surface area contributed by atoms with Crippen LogP contribution in [0.2, 0.25) is 0 Å². The molecule has 2 unspecified atom stereocenters.